The standard InChI is InChI=1S/C14H21N3O/c1-12(18)16-9-14-3-2-8-17(11-14)10-13-4-6-15-7-5-13/h4-7,14H,2-3,8-11H2,1H3,(H,16,18). The van der Waals surface area contributed by atoms with E-state index < -0.39 is 0 Å². The molecule has 1 aromatic rings. The van der Waals surface area contributed by atoms with Crippen LogP contribution in [0.5, 0.6) is 0 Å². The summed E-state index contributed by atoms with van der Waals surface area (Å²) in [7, 11) is 0. The van der Waals surface area contributed by atoms with Crippen LogP contribution in [0.2, 0.25) is 0 Å². The Morgan fingerprint density at radius 2 is 2.28 bits per heavy atom. The number of piperidine rings is 1. The van der Waals surface area contributed by atoms with Crippen molar-refractivity contribution in [3.63, 3.8) is 0 Å². The smallest absolute Gasteiger partial charge is 0.216 e. The van der Waals surface area contributed by atoms with Crippen LogP contribution < -0.4 is 5.32 Å². The van der Waals surface area contributed by atoms with Crippen LogP contribution in [-0.4, -0.2) is 35.4 Å². The molecule has 1 amide bonds. The van der Waals surface area contributed by atoms with E-state index in [1.807, 2.05) is 12.4 Å². The van der Waals surface area contributed by atoms with Crippen molar-refractivity contribution in [2.75, 3.05) is 19.6 Å². The third-order valence-electron chi connectivity index (χ3n) is 3.40. The zero-order valence-electron chi connectivity index (χ0n) is 10.9. The van der Waals surface area contributed by atoms with Crippen LogP contribution in [0.15, 0.2) is 24.5 Å². The summed E-state index contributed by atoms with van der Waals surface area (Å²) < 4.78 is 0. The van der Waals surface area contributed by atoms with Crippen molar-refractivity contribution < 1.29 is 4.79 Å². The van der Waals surface area contributed by atoms with Gasteiger partial charge in [-0.1, -0.05) is 0 Å². The van der Waals surface area contributed by atoms with Crippen molar-refractivity contribution in [3.05, 3.63) is 30.1 Å². The lowest BCUT2D eigenvalue weighted by molar-refractivity contribution is -0.119. The quantitative estimate of drug-likeness (QED) is 0.875. The Labute approximate surface area is 108 Å². The van der Waals surface area contributed by atoms with Gasteiger partial charge in [0.1, 0.15) is 0 Å². The van der Waals surface area contributed by atoms with E-state index in [9.17, 15) is 4.79 Å². The van der Waals surface area contributed by atoms with E-state index in [1.165, 1.54) is 18.4 Å². The Balaban J connectivity index is 1.81. The van der Waals surface area contributed by atoms with Gasteiger partial charge in [-0.15, -0.1) is 0 Å². The molecule has 0 radical (unpaired) electrons. The van der Waals surface area contributed by atoms with Crippen LogP contribution in [-0.2, 0) is 11.3 Å². The van der Waals surface area contributed by atoms with Gasteiger partial charge in [0.05, 0.1) is 0 Å². The van der Waals surface area contributed by atoms with Gasteiger partial charge >= 0.3 is 0 Å². The van der Waals surface area contributed by atoms with E-state index >= 15 is 0 Å². The summed E-state index contributed by atoms with van der Waals surface area (Å²) in [6.45, 7) is 5.60. The Bertz CT molecular complexity index is 380. The Morgan fingerprint density at radius 3 is 3.00 bits per heavy atom. The average molecular weight is 247 g/mol. The first-order valence-electron chi connectivity index (χ1n) is 6.60. The number of carbonyl (C=O) groups is 1. The van der Waals surface area contributed by atoms with Crippen LogP contribution in [0.3, 0.4) is 0 Å². The number of amides is 1. The molecule has 1 aromatic heterocycles. The van der Waals surface area contributed by atoms with E-state index in [4.69, 9.17) is 0 Å². The molecule has 1 aliphatic rings. The molecule has 2 rings (SSSR count). The number of nitrogens with zero attached hydrogens (tertiary/aromatic N) is 2. The molecule has 0 spiro atoms. The minimum Gasteiger partial charge on any atom is -0.356 e. The van der Waals surface area contributed by atoms with Crippen molar-refractivity contribution in [2.45, 2.75) is 26.3 Å². The highest BCUT2D eigenvalue weighted by molar-refractivity contribution is 5.72. The zero-order chi connectivity index (χ0) is 12.8. The van der Waals surface area contributed by atoms with Gasteiger partial charge in [-0.25, -0.2) is 0 Å². The molecule has 0 aromatic carbocycles. The Kier molecular flexibility index (Phi) is 4.70. The topological polar surface area (TPSA) is 45.2 Å². The first kappa shape index (κ1) is 13.0. The third-order valence-corrected chi connectivity index (χ3v) is 3.40. The predicted molar refractivity (Wildman–Crippen MR) is 70.9 cm³/mol. The SMILES string of the molecule is CC(=O)NCC1CCCN(Cc2ccncc2)C1. The number of rotatable bonds is 4. The van der Waals surface area contributed by atoms with E-state index in [2.05, 4.69) is 27.3 Å². The molecule has 18 heavy (non-hydrogen) atoms. The fourth-order valence-electron chi connectivity index (χ4n) is 2.50. The van der Waals surface area contributed by atoms with E-state index in [1.54, 1.807) is 6.92 Å². The fourth-order valence-corrected chi connectivity index (χ4v) is 2.50. The fraction of sp³-hybridized carbons (Fsp3) is 0.571. The summed E-state index contributed by atoms with van der Waals surface area (Å²) in [5.74, 6) is 0.658. The summed E-state index contributed by atoms with van der Waals surface area (Å²) in [6.07, 6.45) is 6.12. The second-order valence-electron chi connectivity index (χ2n) is 5.04. The number of carbonyl (C=O) groups excluding carboxylic acids is 1. The molecule has 1 unspecified atom stereocenters. The predicted octanol–water partition coefficient (Wildman–Crippen LogP) is 1.43. The first-order valence-corrected chi connectivity index (χ1v) is 6.60. The molecule has 1 N–H and O–H groups in total. The maximum Gasteiger partial charge on any atom is 0.216 e. The van der Waals surface area contributed by atoms with E-state index in [0.717, 1.165) is 26.2 Å². The van der Waals surface area contributed by atoms with Gasteiger partial charge in [-0.3, -0.25) is 14.7 Å². The number of aromatic nitrogens is 1. The van der Waals surface area contributed by atoms with Crippen LogP contribution >= 0.6 is 0 Å². The van der Waals surface area contributed by atoms with Crippen LogP contribution in [0.25, 0.3) is 0 Å². The van der Waals surface area contributed by atoms with Gasteiger partial charge in [0.15, 0.2) is 0 Å². The van der Waals surface area contributed by atoms with E-state index in [-0.39, 0.29) is 5.91 Å². The largest absolute Gasteiger partial charge is 0.356 e. The monoisotopic (exact) mass is 247 g/mol. The molecule has 98 valence electrons. The lowest BCUT2D eigenvalue weighted by Crippen LogP contribution is -2.40. The number of likely N-dealkylation sites (tertiary alicyclic amines) is 1. The molecule has 1 atom stereocenters. The molecule has 1 aliphatic heterocycles. The van der Waals surface area contributed by atoms with Crippen LogP contribution in [0.1, 0.15) is 25.3 Å². The second-order valence-corrected chi connectivity index (χ2v) is 5.04. The van der Waals surface area contributed by atoms with Gasteiger partial charge < -0.3 is 5.32 Å². The first-order chi connectivity index (χ1) is 8.74. The van der Waals surface area contributed by atoms with E-state index in [0.29, 0.717) is 5.92 Å². The Hall–Kier alpha value is -1.42. The number of hydrogen-bond acceptors (Lipinski definition) is 3. The lowest BCUT2D eigenvalue weighted by Gasteiger charge is -2.32. The van der Waals surface area contributed by atoms with Crippen molar-refractivity contribution >= 4 is 5.91 Å². The molecule has 4 heteroatoms. The maximum atomic E-state index is 10.9. The zero-order valence-corrected chi connectivity index (χ0v) is 10.9. The van der Waals surface area contributed by atoms with Gasteiger partial charge in [-0.05, 0) is 43.0 Å². The molecule has 2 heterocycles. The summed E-state index contributed by atoms with van der Waals surface area (Å²) in [4.78, 5) is 17.4. The summed E-state index contributed by atoms with van der Waals surface area (Å²) in [5.41, 5.74) is 1.31. The molecule has 1 saturated heterocycles. The summed E-state index contributed by atoms with van der Waals surface area (Å²) in [6, 6.07) is 4.13. The lowest BCUT2D eigenvalue weighted by atomic mass is 9.97. The van der Waals surface area contributed by atoms with Gasteiger partial charge in [0.25, 0.3) is 0 Å². The van der Waals surface area contributed by atoms with Crippen molar-refractivity contribution in [2.24, 2.45) is 5.92 Å². The highest BCUT2D eigenvalue weighted by Crippen LogP contribution is 2.17. The molecule has 1 fully saturated rings. The molecule has 0 bridgehead atoms. The average Bonchev–Trinajstić information content (AvgIpc) is 2.38. The number of nitrogens with one attached hydrogen (secondary N) is 1. The van der Waals surface area contributed by atoms with Crippen molar-refractivity contribution in [3.8, 4) is 0 Å². The van der Waals surface area contributed by atoms with Gasteiger partial charge in [-0.2, -0.15) is 0 Å². The van der Waals surface area contributed by atoms with Gasteiger partial charge in [0.2, 0.25) is 5.91 Å². The molecule has 0 aliphatic carbocycles. The molecule has 4 nitrogen and oxygen atoms in total. The van der Waals surface area contributed by atoms with Crippen LogP contribution in [0, 0.1) is 5.92 Å². The highest BCUT2D eigenvalue weighted by atomic mass is 16.1. The highest BCUT2D eigenvalue weighted by Gasteiger charge is 2.19. The normalized spacial score (nSPS) is 20.6. The van der Waals surface area contributed by atoms with Crippen molar-refractivity contribution in [1.82, 2.24) is 15.2 Å². The van der Waals surface area contributed by atoms with Gasteiger partial charge in [0, 0.05) is 39.0 Å². The second kappa shape index (κ2) is 6.50. The molecular weight excluding hydrogens is 226 g/mol. The summed E-state index contributed by atoms with van der Waals surface area (Å²) >= 11 is 0. The van der Waals surface area contributed by atoms with Crippen LogP contribution in [0.4, 0.5) is 0 Å². The number of pyridine rings is 1. The maximum absolute atomic E-state index is 10.9. The third kappa shape index (κ3) is 4.11. The molecule has 0 saturated carbocycles. The number of hydrogen-bond donors (Lipinski definition) is 1. The Morgan fingerprint density at radius 1 is 1.50 bits per heavy atom. The van der Waals surface area contributed by atoms with Crippen molar-refractivity contribution in [1.29, 1.82) is 0 Å². The minimum atomic E-state index is 0.0706. The minimum absolute atomic E-state index is 0.0706. The molecular formula is C14H21N3O. The summed E-state index contributed by atoms with van der Waals surface area (Å²) in [5, 5.41) is 2.92.